The van der Waals surface area contributed by atoms with Gasteiger partial charge in [0.25, 0.3) is 0 Å². The molecule has 18 heavy (non-hydrogen) atoms. The number of hydrogen-bond donors (Lipinski definition) is 2. The molecule has 2 aromatic rings. The van der Waals surface area contributed by atoms with Crippen molar-refractivity contribution >= 4 is 60.5 Å². The van der Waals surface area contributed by atoms with Gasteiger partial charge in [-0.15, -0.1) is 0 Å². The molecule has 0 heterocycles. The van der Waals surface area contributed by atoms with Crippen molar-refractivity contribution in [1.29, 1.82) is 0 Å². The van der Waals surface area contributed by atoms with Crippen molar-refractivity contribution < 1.29 is 4.39 Å². The molecule has 2 aromatic carbocycles. The van der Waals surface area contributed by atoms with Crippen LogP contribution in [0.5, 0.6) is 0 Å². The number of nitrogens with two attached hydrogens (primary N) is 1. The number of hydrogen-bond acceptors (Lipinski definition) is 2. The van der Waals surface area contributed by atoms with E-state index in [1.807, 2.05) is 12.1 Å². The lowest BCUT2D eigenvalue weighted by Gasteiger charge is -2.13. The zero-order valence-electron chi connectivity index (χ0n) is 8.98. The standard InChI is InChI=1S/C12H8Br2ClFN2/c13-6-1-2-11(10(17)3-6)18-12-8(14)4-7(16)5-9(12)15/h1-5,18H,17H2. The molecule has 0 atom stereocenters. The first kappa shape index (κ1) is 13.6. The van der Waals surface area contributed by atoms with Crippen molar-refractivity contribution in [3.8, 4) is 0 Å². The van der Waals surface area contributed by atoms with Crippen LogP contribution in [0.3, 0.4) is 0 Å². The summed E-state index contributed by atoms with van der Waals surface area (Å²) in [5, 5.41) is 3.35. The van der Waals surface area contributed by atoms with Gasteiger partial charge in [-0.2, -0.15) is 0 Å². The summed E-state index contributed by atoms with van der Waals surface area (Å²) in [4.78, 5) is 0. The maximum Gasteiger partial charge on any atom is 0.125 e. The van der Waals surface area contributed by atoms with Crippen molar-refractivity contribution in [2.45, 2.75) is 0 Å². The average Bonchev–Trinajstić information content (AvgIpc) is 2.25. The molecule has 0 aliphatic carbocycles. The number of benzene rings is 2. The fourth-order valence-corrected chi connectivity index (χ4v) is 2.72. The number of halogens is 4. The van der Waals surface area contributed by atoms with Crippen molar-refractivity contribution in [1.82, 2.24) is 0 Å². The molecule has 0 spiro atoms. The van der Waals surface area contributed by atoms with E-state index in [2.05, 4.69) is 37.2 Å². The molecule has 0 aliphatic rings. The van der Waals surface area contributed by atoms with Gasteiger partial charge in [0.1, 0.15) is 5.82 Å². The fraction of sp³-hybridized carbons (Fsp3) is 0. The molecule has 0 bridgehead atoms. The number of nitrogen functional groups attached to an aromatic ring is 1. The summed E-state index contributed by atoms with van der Waals surface area (Å²) in [5.74, 6) is -0.402. The van der Waals surface area contributed by atoms with Gasteiger partial charge in [-0.05, 0) is 46.3 Å². The molecule has 0 saturated heterocycles. The third-order valence-electron chi connectivity index (χ3n) is 2.28. The lowest BCUT2D eigenvalue weighted by molar-refractivity contribution is 0.627. The molecule has 0 aliphatic heterocycles. The Bertz CT molecular complexity index is 582. The molecule has 0 unspecified atom stereocenters. The van der Waals surface area contributed by atoms with E-state index < -0.39 is 5.82 Å². The minimum Gasteiger partial charge on any atom is -0.397 e. The van der Waals surface area contributed by atoms with E-state index >= 15 is 0 Å². The quantitative estimate of drug-likeness (QED) is 0.676. The van der Waals surface area contributed by atoms with E-state index in [9.17, 15) is 4.39 Å². The van der Waals surface area contributed by atoms with Crippen LogP contribution in [0.25, 0.3) is 0 Å². The second-order valence-electron chi connectivity index (χ2n) is 3.60. The third-order valence-corrected chi connectivity index (χ3v) is 3.70. The molecule has 0 aromatic heterocycles. The highest BCUT2D eigenvalue weighted by atomic mass is 79.9. The molecule has 94 valence electrons. The smallest absolute Gasteiger partial charge is 0.125 e. The second-order valence-corrected chi connectivity index (χ2v) is 5.78. The van der Waals surface area contributed by atoms with E-state index in [0.717, 1.165) is 4.47 Å². The average molecular weight is 394 g/mol. The first-order chi connectivity index (χ1) is 8.47. The predicted molar refractivity (Wildman–Crippen MR) is 80.9 cm³/mol. The lowest BCUT2D eigenvalue weighted by atomic mass is 10.2. The maximum absolute atomic E-state index is 13.1. The molecule has 2 nitrogen and oxygen atoms in total. The molecular formula is C12H8Br2ClFN2. The topological polar surface area (TPSA) is 38.0 Å². The van der Waals surface area contributed by atoms with Crippen LogP contribution in [-0.2, 0) is 0 Å². The molecular weight excluding hydrogens is 386 g/mol. The van der Waals surface area contributed by atoms with E-state index in [0.29, 0.717) is 21.5 Å². The van der Waals surface area contributed by atoms with E-state index in [1.54, 1.807) is 6.07 Å². The zero-order chi connectivity index (χ0) is 13.3. The van der Waals surface area contributed by atoms with Crippen LogP contribution in [0.15, 0.2) is 39.3 Å². The molecule has 0 saturated carbocycles. The molecule has 2 rings (SSSR count). The van der Waals surface area contributed by atoms with Crippen LogP contribution >= 0.6 is 43.5 Å². The molecule has 0 radical (unpaired) electrons. The Labute approximate surface area is 126 Å². The molecule has 3 N–H and O–H groups in total. The van der Waals surface area contributed by atoms with Gasteiger partial charge in [0.15, 0.2) is 0 Å². The molecule has 6 heteroatoms. The minimum absolute atomic E-state index is 0.282. The Hall–Kier alpha value is -0.780. The normalized spacial score (nSPS) is 10.4. The van der Waals surface area contributed by atoms with Gasteiger partial charge in [0.05, 0.1) is 22.1 Å². The van der Waals surface area contributed by atoms with Gasteiger partial charge in [-0.3, -0.25) is 0 Å². The van der Waals surface area contributed by atoms with Crippen LogP contribution in [-0.4, -0.2) is 0 Å². The Morgan fingerprint density at radius 3 is 2.50 bits per heavy atom. The second kappa shape index (κ2) is 5.47. The Kier molecular flexibility index (Phi) is 4.14. The summed E-state index contributed by atoms with van der Waals surface area (Å²) in [6, 6.07) is 8.01. The summed E-state index contributed by atoms with van der Waals surface area (Å²) >= 11 is 12.6. The summed E-state index contributed by atoms with van der Waals surface area (Å²) in [6.07, 6.45) is 0. The van der Waals surface area contributed by atoms with E-state index in [1.165, 1.54) is 12.1 Å². The number of nitrogens with one attached hydrogen (secondary N) is 1. The highest BCUT2D eigenvalue weighted by Crippen LogP contribution is 2.36. The van der Waals surface area contributed by atoms with Crippen LogP contribution < -0.4 is 11.1 Å². The van der Waals surface area contributed by atoms with Crippen LogP contribution in [0.1, 0.15) is 0 Å². The minimum atomic E-state index is -0.402. The van der Waals surface area contributed by atoms with Crippen LogP contribution in [0, 0.1) is 5.82 Å². The van der Waals surface area contributed by atoms with Crippen LogP contribution in [0.4, 0.5) is 21.5 Å². The maximum atomic E-state index is 13.1. The van der Waals surface area contributed by atoms with Gasteiger partial charge in [0, 0.05) is 8.95 Å². The number of anilines is 3. The van der Waals surface area contributed by atoms with Crippen molar-refractivity contribution in [3.63, 3.8) is 0 Å². The van der Waals surface area contributed by atoms with Gasteiger partial charge in [-0.1, -0.05) is 27.5 Å². The van der Waals surface area contributed by atoms with Crippen molar-refractivity contribution in [3.05, 3.63) is 50.1 Å². The molecule has 0 amide bonds. The van der Waals surface area contributed by atoms with Crippen LogP contribution in [0.2, 0.25) is 5.02 Å². The van der Waals surface area contributed by atoms with E-state index in [4.69, 9.17) is 17.3 Å². The SMILES string of the molecule is Nc1cc(Br)ccc1Nc1c(Cl)cc(F)cc1Br. The summed E-state index contributed by atoms with van der Waals surface area (Å²) in [6.45, 7) is 0. The number of rotatable bonds is 2. The van der Waals surface area contributed by atoms with Crippen molar-refractivity contribution in [2.24, 2.45) is 0 Å². The third kappa shape index (κ3) is 2.96. The highest BCUT2D eigenvalue weighted by Gasteiger charge is 2.09. The first-order valence-corrected chi connectivity index (χ1v) is 6.90. The van der Waals surface area contributed by atoms with Gasteiger partial charge >= 0.3 is 0 Å². The highest BCUT2D eigenvalue weighted by molar-refractivity contribution is 9.10. The van der Waals surface area contributed by atoms with Gasteiger partial charge in [0.2, 0.25) is 0 Å². The predicted octanol–water partition coefficient (Wildman–Crippen LogP) is 5.33. The Morgan fingerprint density at radius 2 is 1.89 bits per heavy atom. The first-order valence-electron chi connectivity index (χ1n) is 4.94. The summed E-state index contributed by atoms with van der Waals surface area (Å²) in [7, 11) is 0. The van der Waals surface area contributed by atoms with Gasteiger partial charge in [-0.25, -0.2) is 4.39 Å². The monoisotopic (exact) mass is 392 g/mol. The zero-order valence-corrected chi connectivity index (χ0v) is 12.9. The van der Waals surface area contributed by atoms with E-state index in [-0.39, 0.29) is 5.02 Å². The lowest BCUT2D eigenvalue weighted by Crippen LogP contribution is -1.98. The van der Waals surface area contributed by atoms with Crippen molar-refractivity contribution in [2.75, 3.05) is 11.1 Å². The summed E-state index contributed by atoms with van der Waals surface area (Å²) < 4.78 is 14.5. The van der Waals surface area contributed by atoms with Gasteiger partial charge < -0.3 is 11.1 Å². The summed E-state index contributed by atoms with van der Waals surface area (Å²) in [5.41, 5.74) is 7.72. The Morgan fingerprint density at radius 1 is 1.17 bits per heavy atom. The fourth-order valence-electron chi connectivity index (χ4n) is 1.44. The largest absolute Gasteiger partial charge is 0.397 e. The molecule has 0 fully saturated rings. The Balaban J connectivity index is 2.40.